The third kappa shape index (κ3) is 4.25. The van der Waals surface area contributed by atoms with Gasteiger partial charge in [-0.25, -0.2) is 4.98 Å². The van der Waals surface area contributed by atoms with Crippen LogP contribution in [0, 0.1) is 0 Å². The number of nitrogens with zero attached hydrogens (tertiary/aromatic N) is 1. The fourth-order valence-electron chi connectivity index (χ4n) is 2.29. The van der Waals surface area contributed by atoms with Crippen LogP contribution in [0.25, 0.3) is 0 Å². The molecule has 0 bridgehead atoms. The number of hydrogen-bond acceptors (Lipinski definition) is 5. The van der Waals surface area contributed by atoms with E-state index in [1.807, 2.05) is 11.4 Å². The SMILES string of the molecule is COc1ccc(CNC(=O)c2ccccc2NC(=O)c2ccsc2)cn1. The van der Waals surface area contributed by atoms with Crippen LogP contribution in [-0.4, -0.2) is 23.9 Å². The first-order valence-electron chi connectivity index (χ1n) is 7.87. The Hall–Kier alpha value is -3.19. The van der Waals surface area contributed by atoms with Crippen LogP contribution in [0.1, 0.15) is 26.3 Å². The Kier molecular flexibility index (Phi) is 5.60. The monoisotopic (exact) mass is 367 g/mol. The number of ether oxygens (including phenoxy) is 1. The zero-order valence-corrected chi connectivity index (χ0v) is 14.9. The number of hydrogen-bond donors (Lipinski definition) is 2. The van der Waals surface area contributed by atoms with Crippen molar-refractivity contribution in [3.05, 3.63) is 76.1 Å². The van der Waals surface area contributed by atoms with Gasteiger partial charge in [-0.3, -0.25) is 9.59 Å². The maximum absolute atomic E-state index is 12.5. The molecule has 0 saturated heterocycles. The first kappa shape index (κ1) is 17.6. The van der Waals surface area contributed by atoms with Crippen molar-refractivity contribution in [2.24, 2.45) is 0 Å². The van der Waals surface area contributed by atoms with Crippen LogP contribution in [0.4, 0.5) is 5.69 Å². The predicted octanol–water partition coefficient (Wildman–Crippen LogP) is 3.33. The van der Waals surface area contributed by atoms with E-state index in [2.05, 4.69) is 15.6 Å². The van der Waals surface area contributed by atoms with Crippen molar-refractivity contribution >= 4 is 28.8 Å². The van der Waals surface area contributed by atoms with Gasteiger partial charge in [0.25, 0.3) is 11.8 Å². The molecular weight excluding hydrogens is 350 g/mol. The number of pyridine rings is 1. The lowest BCUT2D eigenvalue weighted by Gasteiger charge is -2.11. The lowest BCUT2D eigenvalue weighted by atomic mass is 10.1. The van der Waals surface area contributed by atoms with E-state index in [-0.39, 0.29) is 11.8 Å². The Bertz CT molecular complexity index is 893. The predicted molar refractivity (Wildman–Crippen MR) is 101 cm³/mol. The molecule has 0 fully saturated rings. The van der Waals surface area contributed by atoms with E-state index in [0.717, 1.165) is 5.56 Å². The minimum Gasteiger partial charge on any atom is -0.481 e. The fraction of sp³-hybridized carbons (Fsp3) is 0.105. The van der Waals surface area contributed by atoms with E-state index in [0.29, 0.717) is 29.2 Å². The van der Waals surface area contributed by atoms with Crippen LogP contribution >= 0.6 is 11.3 Å². The van der Waals surface area contributed by atoms with Crippen LogP contribution < -0.4 is 15.4 Å². The normalized spacial score (nSPS) is 10.2. The number of carbonyl (C=O) groups excluding carboxylic acids is 2. The number of thiophene rings is 1. The number of aromatic nitrogens is 1. The molecule has 26 heavy (non-hydrogen) atoms. The van der Waals surface area contributed by atoms with Crippen molar-refractivity contribution < 1.29 is 14.3 Å². The fourth-order valence-corrected chi connectivity index (χ4v) is 2.93. The molecule has 0 spiro atoms. The average molecular weight is 367 g/mol. The summed E-state index contributed by atoms with van der Waals surface area (Å²) in [6.45, 7) is 0.322. The molecule has 0 aliphatic carbocycles. The lowest BCUT2D eigenvalue weighted by Crippen LogP contribution is -2.24. The molecule has 1 aromatic carbocycles. The summed E-state index contributed by atoms with van der Waals surface area (Å²) >= 11 is 1.44. The molecule has 3 rings (SSSR count). The van der Waals surface area contributed by atoms with Gasteiger partial charge in [0.15, 0.2) is 0 Å². The largest absolute Gasteiger partial charge is 0.481 e. The van der Waals surface area contributed by atoms with Gasteiger partial charge >= 0.3 is 0 Å². The van der Waals surface area contributed by atoms with Crippen LogP contribution in [0.3, 0.4) is 0 Å². The Morgan fingerprint density at radius 2 is 1.96 bits per heavy atom. The van der Waals surface area contributed by atoms with Crippen molar-refractivity contribution in [2.45, 2.75) is 6.54 Å². The second kappa shape index (κ2) is 8.26. The maximum Gasteiger partial charge on any atom is 0.256 e. The topological polar surface area (TPSA) is 80.3 Å². The minimum absolute atomic E-state index is 0.245. The van der Waals surface area contributed by atoms with E-state index < -0.39 is 0 Å². The standard InChI is InChI=1S/C19H17N3O3S/c1-25-17-7-6-13(10-20-17)11-21-19(24)15-4-2-3-5-16(15)22-18(23)14-8-9-26-12-14/h2-10,12H,11H2,1H3,(H,21,24)(H,22,23). The van der Waals surface area contributed by atoms with Crippen molar-refractivity contribution in [1.82, 2.24) is 10.3 Å². The molecule has 132 valence electrons. The minimum atomic E-state index is -0.276. The van der Waals surface area contributed by atoms with Crippen LogP contribution in [-0.2, 0) is 6.54 Å². The third-order valence-corrected chi connectivity index (χ3v) is 4.35. The van der Waals surface area contributed by atoms with Crippen molar-refractivity contribution in [3.8, 4) is 5.88 Å². The van der Waals surface area contributed by atoms with Gasteiger partial charge in [-0.2, -0.15) is 11.3 Å². The number of nitrogens with one attached hydrogen (secondary N) is 2. The van der Waals surface area contributed by atoms with Gasteiger partial charge < -0.3 is 15.4 Å². The highest BCUT2D eigenvalue weighted by Crippen LogP contribution is 2.17. The Balaban J connectivity index is 1.68. The summed E-state index contributed by atoms with van der Waals surface area (Å²) in [6, 6.07) is 12.2. The number of benzene rings is 1. The number of anilines is 1. The van der Waals surface area contributed by atoms with E-state index in [1.165, 1.54) is 11.3 Å². The number of carbonyl (C=O) groups is 2. The van der Waals surface area contributed by atoms with Crippen molar-refractivity contribution in [3.63, 3.8) is 0 Å². The second-order valence-electron chi connectivity index (χ2n) is 5.40. The summed E-state index contributed by atoms with van der Waals surface area (Å²) in [7, 11) is 1.55. The zero-order chi connectivity index (χ0) is 18.4. The molecule has 2 aromatic heterocycles. The maximum atomic E-state index is 12.5. The van der Waals surface area contributed by atoms with Gasteiger partial charge in [-0.15, -0.1) is 0 Å². The second-order valence-corrected chi connectivity index (χ2v) is 6.18. The summed E-state index contributed by atoms with van der Waals surface area (Å²) in [5.74, 6) is -0.00513. The number of amides is 2. The Morgan fingerprint density at radius 1 is 1.12 bits per heavy atom. The highest BCUT2D eigenvalue weighted by Gasteiger charge is 2.14. The Morgan fingerprint density at radius 3 is 2.65 bits per heavy atom. The van der Waals surface area contributed by atoms with Crippen LogP contribution in [0.15, 0.2) is 59.4 Å². The quantitative estimate of drug-likeness (QED) is 0.700. The van der Waals surface area contributed by atoms with E-state index in [4.69, 9.17) is 4.74 Å². The summed E-state index contributed by atoms with van der Waals surface area (Å²) in [6.07, 6.45) is 1.64. The van der Waals surface area contributed by atoms with Gasteiger partial charge in [0.2, 0.25) is 5.88 Å². The van der Waals surface area contributed by atoms with Gasteiger partial charge in [0.1, 0.15) is 0 Å². The summed E-state index contributed by atoms with van der Waals surface area (Å²) in [5, 5.41) is 9.21. The van der Waals surface area contributed by atoms with E-state index in [9.17, 15) is 9.59 Å². The summed E-state index contributed by atoms with van der Waals surface area (Å²) in [4.78, 5) is 28.9. The third-order valence-electron chi connectivity index (χ3n) is 3.66. The highest BCUT2D eigenvalue weighted by atomic mass is 32.1. The van der Waals surface area contributed by atoms with Crippen molar-refractivity contribution in [2.75, 3.05) is 12.4 Å². The van der Waals surface area contributed by atoms with Gasteiger partial charge in [0.05, 0.1) is 23.9 Å². The Labute approximate surface area is 154 Å². The summed E-state index contributed by atoms with van der Waals surface area (Å²) < 4.78 is 5.01. The molecular formula is C19H17N3O3S. The first-order valence-corrected chi connectivity index (χ1v) is 8.81. The zero-order valence-electron chi connectivity index (χ0n) is 14.1. The average Bonchev–Trinajstić information content (AvgIpc) is 3.22. The van der Waals surface area contributed by atoms with E-state index in [1.54, 1.807) is 55.1 Å². The molecule has 2 heterocycles. The molecule has 2 amide bonds. The molecule has 2 N–H and O–H groups in total. The molecule has 3 aromatic rings. The smallest absolute Gasteiger partial charge is 0.256 e. The molecule has 0 aliphatic heterocycles. The molecule has 0 radical (unpaired) electrons. The first-order chi connectivity index (χ1) is 12.7. The van der Waals surface area contributed by atoms with Gasteiger partial charge in [0, 0.05) is 24.2 Å². The molecule has 0 atom stereocenters. The lowest BCUT2D eigenvalue weighted by molar-refractivity contribution is 0.0951. The number of rotatable bonds is 6. The van der Waals surface area contributed by atoms with Crippen LogP contribution in [0.5, 0.6) is 5.88 Å². The number of methoxy groups -OCH3 is 1. The number of para-hydroxylation sites is 1. The van der Waals surface area contributed by atoms with Gasteiger partial charge in [-0.1, -0.05) is 18.2 Å². The van der Waals surface area contributed by atoms with Gasteiger partial charge in [-0.05, 0) is 29.1 Å². The molecule has 0 saturated carbocycles. The van der Waals surface area contributed by atoms with E-state index >= 15 is 0 Å². The molecule has 0 aliphatic rings. The van der Waals surface area contributed by atoms with Crippen LogP contribution in [0.2, 0.25) is 0 Å². The van der Waals surface area contributed by atoms with Crippen molar-refractivity contribution in [1.29, 1.82) is 0 Å². The molecule has 0 unspecified atom stereocenters. The highest BCUT2D eigenvalue weighted by molar-refractivity contribution is 7.08. The summed E-state index contributed by atoms with van der Waals surface area (Å²) in [5.41, 5.74) is 2.28. The molecule has 7 heteroatoms. The molecule has 6 nitrogen and oxygen atoms in total.